The van der Waals surface area contributed by atoms with Gasteiger partial charge in [0.25, 0.3) is 0 Å². The van der Waals surface area contributed by atoms with Crippen molar-refractivity contribution in [2.24, 2.45) is 0 Å². The first-order valence-corrected chi connectivity index (χ1v) is 9.69. The molecule has 1 saturated carbocycles. The van der Waals surface area contributed by atoms with Crippen LogP contribution >= 0.6 is 11.8 Å². The molecule has 1 rings (SSSR count). The molecule has 0 aromatic carbocycles. The molecule has 0 bridgehead atoms. The summed E-state index contributed by atoms with van der Waals surface area (Å²) >= 11 is 1.70. The topological polar surface area (TPSA) is 49.4 Å². The van der Waals surface area contributed by atoms with Gasteiger partial charge in [-0.3, -0.25) is 0 Å². The minimum atomic E-state index is -3.09. The van der Waals surface area contributed by atoms with E-state index in [0.717, 1.165) is 18.7 Å². The van der Waals surface area contributed by atoms with Crippen molar-refractivity contribution in [3.05, 3.63) is 0 Å². The fraction of sp³-hybridized carbons (Fsp3) is 1.00. The summed E-state index contributed by atoms with van der Waals surface area (Å²) in [6.07, 6.45) is 6.09. The van der Waals surface area contributed by atoms with Crippen molar-refractivity contribution in [1.82, 2.24) is 9.62 Å². The van der Waals surface area contributed by atoms with Gasteiger partial charge in [0.15, 0.2) is 0 Å². The van der Waals surface area contributed by atoms with E-state index in [2.05, 4.69) is 5.32 Å². The second-order valence-corrected chi connectivity index (χ2v) is 7.99. The number of hydrogen-bond acceptors (Lipinski definition) is 4. The third-order valence-electron chi connectivity index (χ3n) is 3.37. The fourth-order valence-electron chi connectivity index (χ4n) is 1.89. The number of nitrogens with one attached hydrogen (secondary N) is 1. The normalized spacial score (nSPS) is 18.2. The van der Waals surface area contributed by atoms with Crippen LogP contribution < -0.4 is 5.32 Å². The van der Waals surface area contributed by atoms with Gasteiger partial charge in [-0.25, -0.2) is 12.7 Å². The van der Waals surface area contributed by atoms with E-state index in [1.165, 1.54) is 12.8 Å². The standard InChI is InChI=1S/C12H26N2O2S2/c1-4-12(10-17-3)14(2)18(15,16)9-5-8-13-11-6-7-11/h11-13H,4-10H2,1-3H3. The van der Waals surface area contributed by atoms with Crippen LogP contribution in [0, 0.1) is 0 Å². The van der Waals surface area contributed by atoms with Crippen LogP contribution in [0.1, 0.15) is 32.6 Å². The number of rotatable bonds is 10. The molecule has 0 aromatic rings. The van der Waals surface area contributed by atoms with Crippen molar-refractivity contribution in [1.29, 1.82) is 0 Å². The van der Waals surface area contributed by atoms with Crippen molar-refractivity contribution in [3.8, 4) is 0 Å². The lowest BCUT2D eigenvalue weighted by Gasteiger charge is -2.26. The van der Waals surface area contributed by atoms with Crippen molar-refractivity contribution >= 4 is 21.8 Å². The van der Waals surface area contributed by atoms with Gasteiger partial charge in [-0.2, -0.15) is 11.8 Å². The number of thioether (sulfide) groups is 1. The Balaban J connectivity index is 2.34. The maximum atomic E-state index is 12.2. The summed E-state index contributed by atoms with van der Waals surface area (Å²) in [5.41, 5.74) is 0. The van der Waals surface area contributed by atoms with E-state index in [1.54, 1.807) is 23.1 Å². The van der Waals surface area contributed by atoms with Crippen molar-refractivity contribution < 1.29 is 8.42 Å². The van der Waals surface area contributed by atoms with Crippen LogP contribution in [-0.4, -0.2) is 56.2 Å². The van der Waals surface area contributed by atoms with Crippen LogP contribution in [0.15, 0.2) is 0 Å². The summed E-state index contributed by atoms with van der Waals surface area (Å²) in [6, 6.07) is 0.784. The van der Waals surface area contributed by atoms with Gasteiger partial charge < -0.3 is 5.32 Å². The lowest BCUT2D eigenvalue weighted by Crippen LogP contribution is -2.40. The number of nitrogens with zero attached hydrogens (tertiary/aromatic N) is 1. The quantitative estimate of drug-likeness (QED) is 0.621. The third kappa shape index (κ3) is 5.47. The Kier molecular flexibility index (Phi) is 6.98. The van der Waals surface area contributed by atoms with Gasteiger partial charge in [-0.05, 0) is 38.5 Å². The Morgan fingerprint density at radius 3 is 2.61 bits per heavy atom. The summed E-state index contributed by atoms with van der Waals surface area (Å²) in [6.45, 7) is 2.86. The lowest BCUT2D eigenvalue weighted by atomic mass is 10.3. The summed E-state index contributed by atoms with van der Waals surface area (Å²) in [4.78, 5) is 0. The van der Waals surface area contributed by atoms with Gasteiger partial charge in [0, 0.05) is 24.9 Å². The Hall–Kier alpha value is 0.220. The molecule has 1 atom stereocenters. The molecule has 108 valence electrons. The van der Waals surface area contributed by atoms with E-state index in [1.807, 2.05) is 13.2 Å². The van der Waals surface area contributed by atoms with E-state index in [0.29, 0.717) is 12.5 Å². The maximum Gasteiger partial charge on any atom is 0.214 e. The maximum absolute atomic E-state index is 12.2. The zero-order valence-corrected chi connectivity index (χ0v) is 13.3. The molecule has 0 aromatic heterocycles. The first kappa shape index (κ1) is 16.3. The molecule has 0 heterocycles. The highest BCUT2D eigenvalue weighted by Gasteiger charge is 2.25. The van der Waals surface area contributed by atoms with Gasteiger partial charge in [0.2, 0.25) is 10.0 Å². The molecule has 1 aliphatic rings. The summed E-state index contributed by atoms with van der Waals surface area (Å²) in [7, 11) is -1.38. The van der Waals surface area contributed by atoms with Crippen LogP contribution in [-0.2, 0) is 10.0 Å². The average molecular weight is 294 g/mol. The van der Waals surface area contributed by atoms with Crippen molar-refractivity contribution in [2.45, 2.75) is 44.7 Å². The van der Waals surface area contributed by atoms with E-state index in [9.17, 15) is 8.42 Å². The molecule has 0 radical (unpaired) electrons. The fourth-order valence-corrected chi connectivity index (χ4v) is 4.31. The van der Waals surface area contributed by atoms with E-state index in [-0.39, 0.29) is 11.8 Å². The SMILES string of the molecule is CCC(CSC)N(C)S(=O)(=O)CCCNC1CC1. The highest BCUT2D eigenvalue weighted by atomic mass is 32.2. The second-order valence-electron chi connectivity index (χ2n) is 4.93. The monoisotopic (exact) mass is 294 g/mol. The molecule has 18 heavy (non-hydrogen) atoms. The molecule has 1 unspecified atom stereocenters. The summed E-state index contributed by atoms with van der Waals surface area (Å²) in [5.74, 6) is 1.13. The minimum Gasteiger partial charge on any atom is -0.314 e. The first-order chi connectivity index (χ1) is 8.51. The first-order valence-electron chi connectivity index (χ1n) is 6.69. The number of hydrogen-bond donors (Lipinski definition) is 1. The molecule has 6 heteroatoms. The molecule has 1 aliphatic carbocycles. The highest BCUT2D eigenvalue weighted by molar-refractivity contribution is 7.98. The zero-order chi connectivity index (χ0) is 13.6. The Bertz CT molecular complexity index is 329. The molecule has 1 N–H and O–H groups in total. The average Bonchev–Trinajstić information content (AvgIpc) is 3.15. The summed E-state index contributed by atoms with van der Waals surface area (Å²) in [5, 5.41) is 3.35. The van der Waals surface area contributed by atoms with Gasteiger partial charge in [-0.1, -0.05) is 6.92 Å². The Labute approximate surface area is 116 Å². The van der Waals surface area contributed by atoms with E-state index in [4.69, 9.17) is 0 Å². The van der Waals surface area contributed by atoms with Crippen LogP contribution in [0.3, 0.4) is 0 Å². The van der Waals surface area contributed by atoms with Crippen molar-refractivity contribution in [2.75, 3.05) is 31.4 Å². The molecule has 4 nitrogen and oxygen atoms in total. The Morgan fingerprint density at radius 2 is 2.11 bits per heavy atom. The van der Waals surface area contributed by atoms with Gasteiger partial charge in [0.05, 0.1) is 5.75 Å². The van der Waals surface area contributed by atoms with Gasteiger partial charge in [0.1, 0.15) is 0 Å². The Morgan fingerprint density at radius 1 is 1.44 bits per heavy atom. The van der Waals surface area contributed by atoms with Crippen molar-refractivity contribution in [3.63, 3.8) is 0 Å². The van der Waals surface area contributed by atoms with E-state index < -0.39 is 10.0 Å². The second kappa shape index (κ2) is 7.72. The van der Waals surface area contributed by atoms with Crippen LogP contribution in [0.25, 0.3) is 0 Å². The molecule has 0 spiro atoms. The summed E-state index contributed by atoms with van der Waals surface area (Å²) < 4.78 is 25.9. The lowest BCUT2D eigenvalue weighted by molar-refractivity contribution is 0.384. The van der Waals surface area contributed by atoms with Crippen LogP contribution in [0.5, 0.6) is 0 Å². The molecule has 0 aliphatic heterocycles. The van der Waals surface area contributed by atoms with Gasteiger partial charge >= 0.3 is 0 Å². The smallest absolute Gasteiger partial charge is 0.214 e. The molecule has 0 saturated heterocycles. The zero-order valence-electron chi connectivity index (χ0n) is 11.7. The number of sulfonamides is 1. The van der Waals surface area contributed by atoms with Crippen LogP contribution in [0.2, 0.25) is 0 Å². The van der Waals surface area contributed by atoms with Crippen LogP contribution in [0.4, 0.5) is 0 Å². The molecular formula is C12H26N2O2S2. The van der Waals surface area contributed by atoms with E-state index >= 15 is 0 Å². The third-order valence-corrected chi connectivity index (χ3v) is 6.07. The minimum absolute atomic E-state index is 0.126. The molecular weight excluding hydrogens is 268 g/mol. The highest BCUT2D eigenvalue weighted by Crippen LogP contribution is 2.18. The predicted molar refractivity (Wildman–Crippen MR) is 79.7 cm³/mol. The molecule has 1 fully saturated rings. The largest absolute Gasteiger partial charge is 0.314 e. The predicted octanol–water partition coefficient (Wildman–Crippen LogP) is 1.53. The molecule has 0 amide bonds. The van der Waals surface area contributed by atoms with Gasteiger partial charge in [-0.15, -0.1) is 0 Å².